The second-order valence-corrected chi connectivity index (χ2v) is 19.1. The molecule has 4 bridgehead atoms. The van der Waals surface area contributed by atoms with E-state index in [1.54, 1.807) is 0 Å². The number of amides is 2. The number of nitrogens with zero attached hydrogens (tertiary/aromatic N) is 2. The van der Waals surface area contributed by atoms with Crippen LogP contribution in [-0.4, -0.2) is 61.7 Å². The summed E-state index contributed by atoms with van der Waals surface area (Å²) in [6.07, 6.45) is 15.1. The van der Waals surface area contributed by atoms with E-state index in [0.29, 0.717) is 19.5 Å². The Kier molecular flexibility index (Phi) is 10.5. The number of carbonyl (C=O) groups excluding carboxylic acids is 2. The van der Waals surface area contributed by atoms with Crippen molar-refractivity contribution in [3.05, 3.63) is 23.8 Å². The fraction of sp³-hybridized carbons (Fsp3) is 0.722. The molecule has 2 amide bonds. The lowest BCUT2D eigenvalue weighted by Gasteiger charge is -2.65. The smallest absolute Gasteiger partial charge is 0.231 e. The lowest BCUT2D eigenvalue weighted by molar-refractivity contribution is -0.188. The number of allylic oxidation sites excluding steroid dienone is 2. The lowest BCUT2D eigenvalue weighted by Crippen LogP contribution is -2.75. The topological polar surface area (TPSA) is 49.9 Å². The number of hydrogen-bond acceptors (Lipinski definition) is 3. The maximum atomic E-state index is 15.1. The summed E-state index contributed by atoms with van der Waals surface area (Å²) in [4.78, 5) is 33.2. The molecule has 0 aromatic heterocycles. The second-order valence-electron chi connectivity index (χ2n) is 14.3. The van der Waals surface area contributed by atoms with Gasteiger partial charge in [-0.3, -0.25) is 9.59 Å². The van der Waals surface area contributed by atoms with Gasteiger partial charge in [0.2, 0.25) is 11.8 Å². The molecule has 5 aliphatic rings. The van der Waals surface area contributed by atoms with Gasteiger partial charge >= 0.3 is 0 Å². The van der Waals surface area contributed by atoms with Crippen LogP contribution in [0.3, 0.4) is 0 Å². The standard InChI is InChI=1S/C36H54N2O3Si/c1-8-10-12-16-20-24-37-27-30(41-42(6,7)35(3,4)5)32-29-25-28(21-17-11-9-2)33-36(32,34(37)40)23-19-15-13-14-18-22-31(39)38(33)26-29/h13,15,25,29-30,32-33H,12,14,16-24,26-27H2,1-7H3/b15-13-/t29?,30-,32?,33+,36-/m0/s1. The summed E-state index contributed by atoms with van der Waals surface area (Å²) in [5.74, 6) is 13.1. The molecule has 5 nitrogen and oxygen atoms in total. The van der Waals surface area contributed by atoms with E-state index in [1.165, 1.54) is 5.57 Å². The van der Waals surface area contributed by atoms with E-state index in [1.807, 2.05) is 13.8 Å². The van der Waals surface area contributed by atoms with Crippen molar-refractivity contribution in [2.75, 3.05) is 19.6 Å². The van der Waals surface area contributed by atoms with Crippen LogP contribution in [-0.2, 0) is 14.0 Å². The maximum absolute atomic E-state index is 15.1. The van der Waals surface area contributed by atoms with Crippen LogP contribution in [0.15, 0.2) is 23.8 Å². The van der Waals surface area contributed by atoms with E-state index in [0.717, 1.165) is 64.3 Å². The highest BCUT2D eigenvalue weighted by Gasteiger charge is 2.67. The SMILES string of the molecule is CC#CCCCCN1C[C@H](O[Si](C)(C)C(C)(C)C)C2C3C=C(CCC#CC)[C@H]4N(C3)C(=O)CCC/C=C\CC[C@]24C1=O. The maximum Gasteiger partial charge on any atom is 0.231 e. The molecule has 42 heavy (non-hydrogen) atoms. The first-order valence-corrected chi connectivity index (χ1v) is 19.3. The van der Waals surface area contributed by atoms with E-state index in [2.05, 4.69) is 85.6 Å². The molecule has 230 valence electrons. The molecule has 5 atom stereocenters. The molecule has 1 aliphatic carbocycles. The van der Waals surface area contributed by atoms with E-state index in [4.69, 9.17) is 4.43 Å². The average molecular weight is 591 g/mol. The highest BCUT2D eigenvalue weighted by molar-refractivity contribution is 6.74. The minimum atomic E-state index is -2.14. The van der Waals surface area contributed by atoms with Gasteiger partial charge in [-0.05, 0) is 82.5 Å². The third-order valence-corrected chi connectivity index (χ3v) is 15.1. The molecule has 4 aliphatic heterocycles. The molecule has 0 radical (unpaired) electrons. The van der Waals surface area contributed by atoms with E-state index in [9.17, 15) is 4.79 Å². The predicted molar refractivity (Wildman–Crippen MR) is 174 cm³/mol. The van der Waals surface area contributed by atoms with E-state index < -0.39 is 13.7 Å². The first-order valence-electron chi connectivity index (χ1n) is 16.4. The number of rotatable bonds is 8. The van der Waals surface area contributed by atoms with Gasteiger partial charge in [-0.1, -0.05) is 39.0 Å². The average Bonchev–Trinajstić information content (AvgIpc) is 2.95. The molecule has 0 N–H and O–H groups in total. The van der Waals surface area contributed by atoms with Crippen molar-refractivity contribution in [2.45, 2.75) is 129 Å². The van der Waals surface area contributed by atoms with Gasteiger partial charge in [0.1, 0.15) is 0 Å². The van der Waals surface area contributed by atoms with Crippen LogP contribution in [0.1, 0.15) is 98.8 Å². The highest BCUT2D eigenvalue weighted by atomic mass is 28.4. The quantitative estimate of drug-likeness (QED) is 0.131. The zero-order chi connectivity index (χ0) is 30.5. The molecule has 0 aromatic carbocycles. The molecule has 4 heterocycles. The van der Waals surface area contributed by atoms with Crippen LogP contribution in [0.25, 0.3) is 0 Å². The summed E-state index contributed by atoms with van der Waals surface area (Å²) in [6.45, 7) is 17.4. The molecule has 0 aromatic rings. The molecule has 6 heteroatoms. The summed E-state index contributed by atoms with van der Waals surface area (Å²) in [6, 6.07) is -0.211. The Morgan fingerprint density at radius 2 is 1.74 bits per heavy atom. The monoisotopic (exact) mass is 590 g/mol. The molecule has 5 rings (SSSR count). The van der Waals surface area contributed by atoms with Crippen LogP contribution in [0, 0.1) is 40.9 Å². The largest absolute Gasteiger partial charge is 0.412 e. The van der Waals surface area contributed by atoms with E-state index in [-0.39, 0.29) is 40.8 Å². The van der Waals surface area contributed by atoms with Crippen molar-refractivity contribution >= 4 is 20.1 Å². The Hall–Kier alpha value is -2.28. The number of likely N-dealkylation sites (tertiary alicyclic amines) is 1. The third-order valence-electron chi connectivity index (χ3n) is 10.6. The summed E-state index contributed by atoms with van der Waals surface area (Å²) in [5.41, 5.74) is 0.576. The van der Waals surface area contributed by atoms with Crippen molar-refractivity contribution in [2.24, 2.45) is 17.3 Å². The first kappa shape index (κ1) is 32.6. The molecular formula is C36H54N2O3Si. The van der Waals surface area contributed by atoms with Gasteiger partial charge < -0.3 is 14.2 Å². The Labute approximate surface area is 257 Å². The Balaban J connectivity index is 1.83. The van der Waals surface area contributed by atoms with Crippen molar-refractivity contribution < 1.29 is 14.0 Å². The minimum absolute atomic E-state index is 0.0360. The summed E-state index contributed by atoms with van der Waals surface area (Å²) >= 11 is 0. The highest BCUT2D eigenvalue weighted by Crippen LogP contribution is 2.59. The molecule has 2 saturated heterocycles. The van der Waals surface area contributed by atoms with Crippen molar-refractivity contribution in [1.82, 2.24) is 9.80 Å². The van der Waals surface area contributed by atoms with Crippen LogP contribution in [0.4, 0.5) is 0 Å². The Bertz CT molecular complexity index is 1190. The first-order chi connectivity index (χ1) is 20.0. The van der Waals surface area contributed by atoms with E-state index >= 15 is 4.79 Å². The molecule has 2 unspecified atom stereocenters. The summed E-state index contributed by atoms with van der Waals surface area (Å²) in [7, 11) is -2.14. The van der Waals surface area contributed by atoms with Crippen molar-refractivity contribution in [3.63, 3.8) is 0 Å². The zero-order valence-corrected chi connectivity index (χ0v) is 28.4. The van der Waals surface area contributed by atoms with Crippen LogP contribution in [0.5, 0.6) is 0 Å². The van der Waals surface area contributed by atoms with Gasteiger partial charge in [0, 0.05) is 50.7 Å². The van der Waals surface area contributed by atoms with Crippen molar-refractivity contribution in [3.8, 4) is 23.7 Å². The molecule has 2 fully saturated rings. The van der Waals surface area contributed by atoms with Gasteiger partial charge in [-0.15, -0.1) is 23.7 Å². The fourth-order valence-corrected chi connectivity index (χ4v) is 9.03. The lowest BCUT2D eigenvalue weighted by atomic mass is 9.50. The van der Waals surface area contributed by atoms with Gasteiger partial charge in [0.15, 0.2) is 8.32 Å². The fourth-order valence-electron chi connectivity index (χ4n) is 7.70. The molecule has 1 spiro atoms. The van der Waals surface area contributed by atoms with Gasteiger partial charge in [-0.2, -0.15) is 0 Å². The summed E-state index contributed by atoms with van der Waals surface area (Å²) in [5, 5.41) is 0.0672. The second kappa shape index (κ2) is 13.6. The zero-order valence-electron chi connectivity index (χ0n) is 27.4. The van der Waals surface area contributed by atoms with Crippen LogP contribution in [0.2, 0.25) is 18.1 Å². The normalized spacial score (nSPS) is 30.3. The number of unbranched alkanes of at least 4 members (excludes halogenated alkanes) is 2. The minimum Gasteiger partial charge on any atom is -0.412 e. The molecular weight excluding hydrogens is 536 g/mol. The summed E-state index contributed by atoms with van der Waals surface area (Å²) < 4.78 is 7.34. The number of carbonyl (C=O) groups is 2. The Morgan fingerprint density at radius 1 is 1.02 bits per heavy atom. The van der Waals surface area contributed by atoms with Crippen molar-refractivity contribution in [1.29, 1.82) is 0 Å². The number of hydrogen-bond donors (Lipinski definition) is 0. The predicted octanol–water partition coefficient (Wildman–Crippen LogP) is 7.11. The molecule has 0 saturated carbocycles. The van der Waals surface area contributed by atoms with Crippen LogP contribution < -0.4 is 0 Å². The third kappa shape index (κ3) is 6.46. The van der Waals surface area contributed by atoms with Gasteiger partial charge in [0.05, 0.1) is 17.6 Å². The van der Waals surface area contributed by atoms with Gasteiger partial charge in [-0.25, -0.2) is 0 Å². The Morgan fingerprint density at radius 3 is 2.45 bits per heavy atom. The van der Waals surface area contributed by atoms with Crippen LogP contribution >= 0.6 is 0 Å². The number of piperidine rings is 2. The van der Waals surface area contributed by atoms with Gasteiger partial charge in [0.25, 0.3) is 0 Å².